The van der Waals surface area contributed by atoms with Gasteiger partial charge >= 0.3 is 0 Å². The molecule has 5 rings (SSSR count). The fraction of sp³-hybridized carbons (Fsp3) is 0.267. The normalized spacial score (nSPS) is 22.0. The van der Waals surface area contributed by atoms with E-state index < -0.39 is 10.8 Å². The molecule has 2 aliphatic heterocycles. The largest absolute Gasteiger partial charge is 0.348 e. The second-order valence-electron chi connectivity index (χ2n) is 10.8. The van der Waals surface area contributed by atoms with Gasteiger partial charge in [-0.05, 0) is 61.1 Å². The highest BCUT2D eigenvalue weighted by molar-refractivity contribution is 5.73. The molecule has 0 spiro atoms. The Balaban J connectivity index is 1.43. The zero-order valence-electron chi connectivity index (χ0n) is 22.0. The maximum atomic E-state index is 11.4. The van der Waals surface area contributed by atoms with E-state index in [4.69, 9.17) is 0 Å². The number of benzene rings is 3. The van der Waals surface area contributed by atoms with Crippen LogP contribution in [0.5, 0.6) is 0 Å². The molecule has 2 atom stereocenters. The van der Waals surface area contributed by atoms with E-state index in [0.29, 0.717) is 12.8 Å². The van der Waals surface area contributed by atoms with Crippen LogP contribution in [0.1, 0.15) is 36.1 Å². The number of allylic oxidation sites excluding steroid dienone is 2. The Morgan fingerprint density at radius 2 is 1.03 bits per heavy atom. The maximum absolute atomic E-state index is 11.4. The summed E-state index contributed by atoms with van der Waals surface area (Å²) in [5.41, 5.74) is 6.83. The van der Waals surface area contributed by atoms with Crippen LogP contribution >= 0.6 is 0 Å². The summed E-state index contributed by atoms with van der Waals surface area (Å²) in [7, 11) is 3.88. The Morgan fingerprint density at radius 1 is 0.684 bits per heavy atom. The minimum absolute atomic E-state index is 0.0731. The first-order valence-electron chi connectivity index (χ1n) is 12.4. The van der Waals surface area contributed by atoms with E-state index in [9.17, 15) is 20.2 Å². The third-order valence-electron chi connectivity index (χ3n) is 8.52. The lowest BCUT2D eigenvalue weighted by Gasteiger charge is -2.29. The van der Waals surface area contributed by atoms with E-state index in [1.807, 2.05) is 23.9 Å². The summed E-state index contributed by atoms with van der Waals surface area (Å²) < 4.78 is 0. The van der Waals surface area contributed by atoms with Crippen LogP contribution in [0.4, 0.5) is 22.7 Å². The first-order valence-corrected chi connectivity index (χ1v) is 12.4. The van der Waals surface area contributed by atoms with Gasteiger partial charge < -0.3 is 9.80 Å². The molecule has 8 nitrogen and oxygen atoms in total. The molecule has 3 aromatic carbocycles. The number of likely N-dealkylation sites (N-methyl/N-ethyl adjacent to an activating group) is 2. The van der Waals surface area contributed by atoms with E-state index >= 15 is 0 Å². The van der Waals surface area contributed by atoms with Crippen LogP contribution < -0.4 is 9.80 Å². The lowest BCUT2D eigenvalue weighted by atomic mass is 9.75. The minimum Gasteiger partial charge on any atom is -0.348 e. The quantitative estimate of drug-likeness (QED) is 0.280. The number of nitrogens with zero attached hydrogens (tertiary/aromatic N) is 4. The number of hydrogen-bond acceptors (Lipinski definition) is 6. The van der Waals surface area contributed by atoms with Crippen molar-refractivity contribution in [2.45, 2.75) is 37.5 Å². The molecular weight excluding hydrogens is 480 g/mol. The predicted molar refractivity (Wildman–Crippen MR) is 150 cm³/mol. The summed E-state index contributed by atoms with van der Waals surface area (Å²) in [5, 5.41) is 22.9. The summed E-state index contributed by atoms with van der Waals surface area (Å²) >= 11 is 0. The number of non-ortho nitro benzene ring substituents is 2. The summed E-state index contributed by atoms with van der Waals surface area (Å²) in [6.45, 7) is 12.8. The predicted octanol–water partition coefficient (Wildman–Crippen LogP) is 6.43. The van der Waals surface area contributed by atoms with Crippen molar-refractivity contribution < 1.29 is 9.85 Å². The zero-order chi connectivity index (χ0) is 27.6. The molecule has 0 radical (unpaired) electrons. The highest BCUT2D eigenvalue weighted by atomic mass is 16.6. The number of rotatable bonds is 6. The lowest BCUT2D eigenvalue weighted by Crippen LogP contribution is -2.28. The van der Waals surface area contributed by atoms with E-state index in [-0.39, 0.29) is 21.2 Å². The average molecular weight is 511 g/mol. The number of nitro benzene ring substituents is 2. The van der Waals surface area contributed by atoms with Gasteiger partial charge in [-0.15, -0.1) is 0 Å². The summed E-state index contributed by atoms with van der Waals surface area (Å²) in [4.78, 5) is 26.2. The number of anilines is 2. The van der Waals surface area contributed by atoms with Crippen LogP contribution in [-0.4, -0.2) is 23.9 Å². The van der Waals surface area contributed by atoms with E-state index in [1.54, 1.807) is 24.3 Å². The Morgan fingerprint density at radius 3 is 1.34 bits per heavy atom. The molecule has 0 fully saturated rings. The number of nitro groups is 2. The molecule has 3 aromatic rings. The third-order valence-corrected chi connectivity index (χ3v) is 8.52. The van der Waals surface area contributed by atoms with Gasteiger partial charge in [0.2, 0.25) is 0 Å². The molecule has 0 aliphatic carbocycles. The van der Waals surface area contributed by atoms with Gasteiger partial charge in [0.15, 0.2) is 0 Å². The van der Waals surface area contributed by atoms with Gasteiger partial charge in [-0.25, -0.2) is 0 Å². The second-order valence-corrected chi connectivity index (χ2v) is 10.8. The van der Waals surface area contributed by atoms with Crippen molar-refractivity contribution in [1.29, 1.82) is 0 Å². The Bertz CT molecular complexity index is 1420. The molecule has 2 aliphatic rings. The molecule has 0 amide bonds. The van der Waals surface area contributed by atoms with Crippen molar-refractivity contribution in [2.75, 3.05) is 23.9 Å². The highest BCUT2D eigenvalue weighted by Gasteiger charge is 2.43. The smallest absolute Gasteiger partial charge is 0.269 e. The van der Waals surface area contributed by atoms with Crippen LogP contribution in [0.3, 0.4) is 0 Å². The highest BCUT2D eigenvalue weighted by Crippen LogP contribution is 2.51. The molecule has 0 aromatic heterocycles. The molecule has 0 N–H and O–H groups in total. The molecule has 0 saturated carbocycles. The second kappa shape index (κ2) is 8.55. The fourth-order valence-corrected chi connectivity index (χ4v) is 6.07. The van der Waals surface area contributed by atoms with Crippen LogP contribution in [0.25, 0.3) is 0 Å². The van der Waals surface area contributed by atoms with Crippen LogP contribution in [-0.2, 0) is 23.7 Å². The molecule has 2 unspecified atom stereocenters. The lowest BCUT2D eigenvalue weighted by molar-refractivity contribution is -0.385. The maximum Gasteiger partial charge on any atom is 0.269 e. The van der Waals surface area contributed by atoms with Crippen molar-refractivity contribution in [3.05, 3.63) is 128 Å². The third kappa shape index (κ3) is 3.67. The van der Waals surface area contributed by atoms with Gasteiger partial charge in [-0.1, -0.05) is 37.4 Å². The monoisotopic (exact) mass is 510 g/mol. The van der Waals surface area contributed by atoms with Crippen molar-refractivity contribution in [3.63, 3.8) is 0 Å². The molecular formula is C30H30N4O4. The van der Waals surface area contributed by atoms with Crippen molar-refractivity contribution in [3.8, 4) is 0 Å². The Kier molecular flexibility index (Phi) is 5.67. The SMILES string of the molecule is C=C1N(C)c2ccc([N+](=O)[O-])cc2C1(C)Cc1ccc(CC2(C)C(=C)N(C)c3ccc([N+](=O)[O-])cc32)cc1. The summed E-state index contributed by atoms with van der Waals surface area (Å²) in [6, 6.07) is 18.3. The van der Waals surface area contributed by atoms with Crippen molar-refractivity contribution >= 4 is 22.7 Å². The molecule has 0 saturated heterocycles. The van der Waals surface area contributed by atoms with Crippen LogP contribution in [0, 0.1) is 20.2 Å². The topological polar surface area (TPSA) is 92.8 Å². The summed E-state index contributed by atoms with van der Waals surface area (Å²) in [5.74, 6) is 0. The standard InChI is InChI=1S/C30H30N4O4/c1-19-29(3,25-15-23(33(35)36)11-13-27(25)31(19)5)17-21-7-9-22(10-8-21)18-30(4)20(2)32(6)28-14-12-24(34(37)38)16-26(28)30/h7-16H,1-2,17-18H2,3-6H3. The first kappa shape index (κ1) is 25.2. The molecule has 38 heavy (non-hydrogen) atoms. The van der Waals surface area contributed by atoms with Crippen molar-refractivity contribution in [1.82, 2.24) is 0 Å². The van der Waals surface area contributed by atoms with Crippen LogP contribution in [0.15, 0.2) is 85.2 Å². The minimum atomic E-state index is -0.482. The van der Waals surface area contributed by atoms with Crippen molar-refractivity contribution in [2.24, 2.45) is 0 Å². The van der Waals surface area contributed by atoms with Crippen LogP contribution in [0.2, 0.25) is 0 Å². The fourth-order valence-electron chi connectivity index (χ4n) is 6.07. The first-order chi connectivity index (χ1) is 17.9. The van der Waals surface area contributed by atoms with E-state index in [1.165, 1.54) is 12.1 Å². The van der Waals surface area contributed by atoms with Gasteiger partial charge in [0, 0.05) is 72.0 Å². The molecule has 0 bridgehead atoms. The molecule has 8 heteroatoms. The number of fused-ring (bicyclic) bond motifs is 2. The molecule has 2 heterocycles. The van der Waals surface area contributed by atoms with Gasteiger partial charge in [0.25, 0.3) is 11.4 Å². The Labute approximate surface area is 221 Å². The van der Waals surface area contributed by atoms with Gasteiger partial charge in [0.1, 0.15) is 0 Å². The van der Waals surface area contributed by atoms with E-state index in [2.05, 4.69) is 51.3 Å². The summed E-state index contributed by atoms with van der Waals surface area (Å²) in [6.07, 6.45) is 1.29. The van der Waals surface area contributed by atoms with E-state index in [0.717, 1.165) is 45.0 Å². The average Bonchev–Trinajstić information content (AvgIpc) is 3.20. The van der Waals surface area contributed by atoms with Gasteiger partial charge in [-0.2, -0.15) is 0 Å². The zero-order valence-corrected chi connectivity index (χ0v) is 22.0. The number of hydrogen-bond donors (Lipinski definition) is 0. The van der Waals surface area contributed by atoms with Gasteiger partial charge in [-0.3, -0.25) is 20.2 Å². The Hall–Kier alpha value is -4.46. The molecule has 194 valence electrons. The van der Waals surface area contributed by atoms with Gasteiger partial charge in [0.05, 0.1) is 9.85 Å².